The molecular weight excluding hydrogens is 200 g/mol. The lowest BCUT2D eigenvalue weighted by Gasteiger charge is -2.18. The lowest BCUT2D eigenvalue weighted by molar-refractivity contribution is 0.357. The van der Waals surface area contributed by atoms with Crippen LogP contribution < -0.4 is 10.5 Å². The van der Waals surface area contributed by atoms with Gasteiger partial charge < -0.3 is 10.5 Å². The third-order valence-corrected chi connectivity index (χ3v) is 2.48. The van der Waals surface area contributed by atoms with Gasteiger partial charge >= 0.3 is 0 Å². The summed E-state index contributed by atoms with van der Waals surface area (Å²) in [6.45, 7) is 2.21. The molecule has 1 aromatic carbocycles. The van der Waals surface area contributed by atoms with Crippen molar-refractivity contribution in [3.05, 3.63) is 47.2 Å². The standard InChI is InChI=1S/C13H12N2O/c1-9(15)12(8-14)10-6-7-16-13-5-3-2-4-11(10)13/h2-6H,7,15H2,1H3/b12-9-. The summed E-state index contributed by atoms with van der Waals surface area (Å²) in [4.78, 5) is 0. The van der Waals surface area contributed by atoms with Crippen molar-refractivity contribution in [1.82, 2.24) is 0 Å². The molecule has 2 rings (SSSR count). The maximum absolute atomic E-state index is 9.10. The second kappa shape index (κ2) is 4.11. The first-order valence-corrected chi connectivity index (χ1v) is 5.03. The van der Waals surface area contributed by atoms with Gasteiger partial charge in [0.05, 0.1) is 5.57 Å². The molecule has 0 fully saturated rings. The summed E-state index contributed by atoms with van der Waals surface area (Å²) in [5.41, 5.74) is 8.56. The van der Waals surface area contributed by atoms with Crippen LogP contribution in [0.15, 0.2) is 41.6 Å². The van der Waals surface area contributed by atoms with Gasteiger partial charge in [0.25, 0.3) is 0 Å². The maximum atomic E-state index is 9.10. The highest BCUT2D eigenvalue weighted by Crippen LogP contribution is 2.34. The highest BCUT2D eigenvalue weighted by atomic mass is 16.5. The van der Waals surface area contributed by atoms with Crippen LogP contribution in [0.2, 0.25) is 0 Å². The molecule has 0 saturated carbocycles. The Morgan fingerprint density at radius 1 is 1.44 bits per heavy atom. The normalized spacial score (nSPS) is 15.1. The Kier molecular flexibility index (Phi) is 2.65. The molecule has 1 aromatic rings. The van der Waals surface area contributed by atoms with E-state index in [0.717, 1.165) is 16.9 Å². The minimum atomic E-state index is 0.477. The minimum Gasteiger partial charge on any atom is -0.489 e. The molecule has 1 heterocycles. The smallest absolute Gasteiger partial charge is 0.127 e. The second-order valence-corrected chi connectivity index (χ2v) is 3.59. The number of hydrogen-bond acceptors (Lipinski definition) is 3. The van der Waals surface area contributed by atoms with E-state index >= 15 is 0 Å². The molecule has 0 saturated heterocycles. The highest BCUT2D eigenvalue weighted by molar-refractivity contribution is 5.86. The maximum Gasteiger partial charge on any atom is 0.127 e. The summed E-state index contributed by atoms with van der Waals surface area (Å²) >= 11 is 0. The van der Waals surface area contributed by atoms with E-state index in [1.54, 1.807) is 6.92 Å². The Balaban J connectivity index is 2.57. The van der Waals surface area contributed by atoms with Crippen molar-refractivity contribution in [2.24, 2.45) is 5.73 Å². The molecule has 0 amide bonds. The fourth-order valence-corrected chi connectivity index (χ4v) is 1.74. The number of nitrogens with two attached hydrogens (primary N) is 1. The van der Waals surface area contributed by atoms with E-state index in [1.165, 1.54) is 0 Å². The van der Waals surface area contributed by atoms with Crippen LogP contribution in [0.3, 0.4) is 0 Å². The Morgan fingerprint density at radius 2 is 2.19 bits per heavy atom. The number of allylic oxidation sites excluding steroid dienone is 3. The molecule has 1 aliphatic heterocycles. The molecule has 80 valence electrons. The molecule has 3 nitrogen and oxygen atoms in total. The number of nitrogens with zero attached hydrogens (tertiary/aromatic N) is 1. The number of nitriles is 1. The van der Waals surface area contributed by atoms with Gasteiger partial charge in [-0.05, 0) is 19.1 Å². The zero-order chi connectivity index (χ0) is 11.5. The van der Waals surface area contributed by atoms with E-state index in [-0.39, 0.29) is 0 Å². The van der Waals surface area contributed by atoms with Crippen molar-refractivity contribution in [3.63, 3.8) is 0 Å². The zero-order valence-electron chi connectivity index (χ0n) is 9.03. The van der Waals surface area contributed by atoms with Crippen LogP contribution in [0, 0.1) is 11.3 Å². The largest absolute Gasteiger partial charge is 0.489 e. The van der Waals surface area contributed by atoms with E-state index in [4.69, 9.17) is 15.7 Å². The van der Waals surface area contributed by atoms with E-state index in [0.29, 0.717) is 17.9 Å². The highest BCUT2D eigenvalue weighted by Gasteiger charge is 2.17. The molecule has 0 unspecified atom stereocenters. The second-order valence-electron chi connectivity index (χ2n) is 3.59. The third-order valence-electron chi connectivity index (χ3n) is 2.48. The van der Waals surface area contributed by atoms with Crippen molar-refractivity contribution in [2.75, 3.05) is 6.61 Å². The SMILES string of the molecule is C/C(N)=C(\C#N)C1=CCOc2ccccc21. The Labute approximate surface area is 94.4 Å². The van der Waals surface area contributed by atoms with Crippen LogP contribution in [-0.2, 0) is 0 Å². The van der Waals surface area contributed by atoms with E-state index in [2.05, 4.69) is 6.07 Å². The molecule has 0 bridgehead atoms. The van der Waals surface area contributed by atoms with Crippen molar-refractivity contribution in [3.8, 4) is 11.8 Å². The summed E-state index contributed by atoms with van der Waals surface area (Å²) in [5, 5.41) is 9.10. The summed E-state index contributed by atoms with van der Waals surface area (Å²) in [5.74, 6) is 0.800. The number of fused-ring (bicyclic) bond motifs is 1. The number of benzene rings is 1. The molecule has 0 atom stereocenters. The topological polar surface area (TPSA) is 59.0 Å². The van der Waals surface area contributed by atoms with Gasteiger partial charge in [0.15, 0.2) is 0 Å². The number of hydrogen-bond donors (Lipinski definition) is 1. The average molecular weight is 212 g/mol. The van der Waals surface area contributed by atoms with Crippen molar-refractivity contribution in [1.29, 1.82) is 5.26 Å². The van der Waals surface area contributed by atoms with E-state index in [9.17, 15) is 0 Å². The lowest BCUT2D eigenvalue weighted by atomic mass is 9.95. The van der Waals surface area contributed by atoms with Crippen LogP contribution in [0.4, 0.5) is 0 Å². The number of para-hydroxylation sites is 1. The summed E-state index contributed by atoms with van der Waals surface area (Å²) in [6, 6.07) is 9.79. The molecule has 3 heteroatoms. The predicted octanol–water partition coefficient (Wildman–Crippen LogP) is 2.22. The Morgan fingerprint density at radius 3 is 2.88 bits per heavy atom. The van der Waals surface area contributed by atoms with Crippen LogP contribution in [-0.4, -0.2) is 6.61 Å². The summed E-state index contributed by atoms with van der Waals surface area (Å²) in [7, 11) is 0. The van der Waals surface area contributed by atoms with Gasteiger partial charge in [-0.15, -0.1) is 0 Å². The quantitative estimate of drug-likeness (QED) is 0.726. The molecule has 1 aliphatic rings. The summed E-state index contributed by atoms with van der Waals surface area (Å²) in [6.07, 6.45) is 1.89. The molecule has 2 N–H and O–H groups in total. The average Bonchev–Trinajstić information content (AvgIpc) is 2.30. The molecular formula is C13H12N2O. The molecule has 0 spiro atoms. The van der Waals surface area contributed by atoms with Gasteiger partial charge in [0.2, 0.25) is 0 Å². The molecule has 0 radical (unpaired) electrons. The first-order valence-electron chi connectivity index (χ1n) is 5.03. The number of rotatable bonds is 1. The van der Waals surface area contributed by atoms with Gasteiger partial charge in [0.1, 0.15) is 18.4 Å². The molecule has 16 heavy (non-hydrogen) atoms. The van der Waals surface area contributed by atoms with E-state index in [1.807, 2.05) is 30.3 Å². The predicted molar refractivity (Wildman–Crippen MR) is 62.4 cm³/mol. The van der Waals surface area contributed by atoms with Gasteiger partial charge in [-0.25, -0.2) is 0 Å². The van der Waals surface area contributed by atoms with Gasteiger partial charge in [0, 0.05) is 16.8 Å². The van der Waals surface area contributed by atoms with E-state index < -0.39 is 0 Å². The van der Waals surface area contributed by atoms with Crippen LogP contribution in [0.25, 0.3) is 5.57 Å². The Hall–Kier alpha value is -2.21. The molecule has 0 aromatic heterocycles. The van der Waals surface area contributed by atoms with Crippen molar-refractivity contribution in [2.45, 2.75) is 6.92 Å². The van der Waals surface area contributed by atoms with Crippen molar-refractivity contribution >= 4 is 5.57 Å². The third kappa shape index (κ3) is 1.66. The Bertz CT molecular complexity index is 517. The first kappa shape index (κ1) is 10.3. The van der Waals surface area contributed by atoms with Crippen LogP contribution in [0.1, 0.15) is 12.5 Å². The van der Waals surface area contributed by atoms with Crippen LogP contribution in [0.5, 0.6) is 5.75 Å². The monoisotopic (exact) mass is 212 g/mol. The van der Waals surface area contributed by atoms with Gasteiger partial charge in [-0.1, -0.05) is 18.2 Å². The fraction of sp³-hybridized carbons (Fsp3) is 0.154. The first-order chi connectivity index (χ1) is 7.74. The van der Waals surface area contributed by atoms with Gasteiger partial charge in [-0.3, -0.25) is 0 Å². The van der Waals surface area contributed by atoms with Crippen molar-refractivity contribution < 1.29 is 4.74 Å². The summed E-state index contributed by atoms with van der Waals surface area (Å²) < 4.78 is 5.48. The minimum absolute atomic E-state index is 0.477. The van der Waals surface area contributed by atoms with Gasteiger partial charge in [-0.2, -0.15) is 5.26 Å². The fourth-order valence-electron chi connectivity index (χ4n) is 1.74. The van der Waals surface area contributed by atoms with Crippen LogP contribution >= 0.6 is 0 Å². The molecule has 0 aliphatic carbocycles. The lowest BCUT2D eigenvalue weighted by Crippen LogP contribution is -2.08. The number of ether oxygens (including phenoxy) is 1. The zero-order valence-corrected chi connectivity index (χ0v) is 9.03.